The third-order valence-corrected chi connectivity index (χ3v) is 2.68. The molecular formula is C12H8F4. The van der Waals surface area contributed by atoms with E-state index < -0.39 is 23.3 Å². The molecule has 84 valence electrons. The second kappa shape index (κ2) is 3.47. The van der Waals surface area contributed by atoms with E-state index in [9.17, 15) is 17.6 Å². The Morgan fingerprint density at radius 1 is 0.625 bits per heavy atom. The molecule has 0 radical (unpaired) electrons. The van der Waals surface area contributed by atoms with Gasteiger partial charge in [-0.05, 0) is 37.1 Å². The van der Waals surface area contributed by atoms with Crippen LogP contribution in [0.3, 0.4) is 0 Å². The van der Waals surface area contributed by atoms with E-state index in [0.29, 0.717) is 11.1 Å². The summed E-state index contributed by atoms with van der Waals surface area (Å²) in [5.41, 5.74) is 1.38. The maximum Gasteiger partial charge on any atom is 0.198 e. The minimum absolute atomic E-state index is 0.237. The fourth-order valence-electron chi connectivity index (χ4n) is 1.61. The Morgan fingerprint density at radius 2 is 0.938 bits per heavy atom. The molecule has 0 aliphatic rings. The van der Waals surface area contributed by atoms with Crippen LogP contribution < -0.4 is 0 Å². The van der Waals surface area contributed by atoms with Gasteiger partial charge in [-0.3, -0.25) is 0 Å². The minimum Gasteiger partial charge on any atom is -0.203 e. The van der Waals surface area contributed by atoms with Crippen LogP contribution in [0.4, 0.5) is 17.6 Å². The first-order valence-electron chi connectivity index (χ1n) is 4.66. The highest BCUT2D eigenvalue weighted by Crippen LogP contribution is 2.28. The highest BCUT2D eigenvalue weighted by Gasteiger charge is 2.20. The Bertz CT molecular complexity index is 535. The van der Waals surface area contributed by atoms with Crippen LogP contribution in [0, 0.1) is 37.1 Å². The number of fused-ring (bicyclic) bond motifs is 1. The van der Waals surface area contributed by atoms with Crippen LogP contribution in [0.2, 0.25) is 0 Å². The quantitative estimate of drug-likeness (QED) is 0.363. The van der Waals surface area contributed by atoms with Crippen molar-refractivity contribution >= 4 is 10.8 Å². The molecule has 2 rings (SSSR count). The van der Waals surface area contributed by atoms with Gasteiger partial charge in [0, 0.05) is 10.8 Å². The lowest BCUT2D eigenvalue weighted by Gasteiger charge is -2.07. The number of hydrogen-bond acceptors (Lipinski definition) is 0. The topological polar surface area (TPSA) is 0 Å². The molecule has 0 amide bonds. The monoisotopic (exact) mass is 228 g/mol. The molecule has 0 spiro atoms. The van der Waals surface area contributed by atoms with Gasteiger partial charge in [0.2, 0.25) is 0 Å². The van der Waals surface area contributed by atoms with E-state index in [2.05, 4.69) is 0 Å². The van der Waals surface area contributed by atoms with Crippen molar-refractivity contribution in [1.29, 1.82) is 0 Å². The molecule has 4 heteroatoms. The van der Waals surface area contributed by atoms with E-state index >= 15 is 0 Å². The first kappa shape index (κ1) is 10.9. The van der Waals surface area contributed by atoms with Crippen LogP contribution in [0.5, 0.6) is 0 Å². The molecule has 0 fully saturated rings. The molecule has 2 aromatic carbocycles. The largest absolute Gasteiger partial charge is 0.203 e. The molecule has 0 unspecified atom stereocenters. The van der Waals surface area contributed by atoms with Crippen molar-refractivity contribution in [3.63, 3.8) is 0 Å². The first-order chi connectivity index (χ1) is 7.43. The predicted molar refractivity (Wildman–Crippen MR) is 53.3 cm³/mol. The number of benzene rings is 2. The van der Waals surface area contributed by atoms with Crippen LogP contribution in [-0.2, 0) is 0 Å². The van der Waals surface area contributed by atoms with Crippen molar-refractivity contribution in [2.45, 2.75) is 13.8 Å². The molecule has 0 aromatic heterocycles. The van der Waals surface area contributed by atoms with Gasteiger partial charge in [0.1, 0.15) is 0 Å². The lowest BCUT2D eigenvalue weighted by atomic mass is 10.0. The van der Waals surface area contributed by atoms with Crippen molar-refractivity contribution in [1.82, 2.24) is 0 Å². The van der Waals surface area contributed by atoms with Crippen LogP contribution in [0.15, 0.2) is 12.1 Å². The van der Waals surface area contributed by atoms with Gasteiger partial charge in [-0.25, -0.2) is 17.6 Å². The second-order valence-corrected chi connectivity index (χ2v) is 3.74. The molecule has 0 aliphatic carbocycles. The van der Waals surface area contributed by atoms with Crippen molar-refractivity contribution in [2.75, 3.05) is 0 Å². The Labute approximate surface area is 89.5 Å². The molecule has 0 N–H and O–H groups in total. The van der Waals surface area contributed by atoms with E-state index in [1.165, 1.54) is 12.1 Å². The summed E-state index contributed by atoms with van der Waals surface area (Å²) in [5.74, 6) is -6.24. The number of rotatable bonds is 0. The molecule has 2 aromatic rings. The van der Waals surface area contributed by atoms with Gasteiger partial charge in [-0.15, -0.1) is 0 Å². The lowest BCUT2D eigenvalue weighted by molar-refractivity contribution is 0.418. The van der Waals surface area contributed by atoms with Crippen LogP contribution in [0.25, 0.3) is 10.8 Å². The Hall–Kier alpha value is -1.58. The Morgan fingerprint density at radius 3 is 1.25 bits per heavy atom. The number of aryl methyl sites for hydroxylation is 2. The van der Waals surface area contributed by atoms with E-state index in [4.69, 9.17) is 0 Å². The average Bonchev–Trinajstić information content (AvgIpc) is 2.26. The molecule has 0 atom stereocenters. The Kier molecular flexibility index (Phi) is 2.37. The standard InChI is InChI=1S/C12H8F4/c1-5-3-7-8(4-6(5)2)10(14)12(16)11(15)9(7)13/h3-4H,1-2H3. The van der Waals surface area contributed by atoms with Crippen molar-refractivity contribution < 1.29 is 17.6 Å². The summed E-state index contributed by atoms with van der Waals surface area (Å²) < 4.78 is 52.7. The summed E-state index contributed by atoms with van der Waals surface area (Å²) in [4.78, 5) is 0. The van der Waals surface area contributed by atoms with Gasteiger partial charge in [0.05, 0.1) is 0 Å². The summed E-state index contributed by atoms with van der Waals surface area (Å²) in [6, 6.07) is 2.62. The fraction of sp³-hybridized carbons (Fsp3) is 0.167. The zero-order valence-corrected chi connectivity index (χ0v) is 8.67. The van der Waals surface area contributed by atoms with E-state index in [1.807, 2.05) is 0 Å². The number of halogens is 4. The zero-order chi connectivity index (χ0) is 12.0. The van der Waals surface area contributed by atoms with Gasteiger partial charge >= 0.3 is 0 Å². The maximum absolute atomic E-state index is 13.4. The smallest absolute Gasteiger partial charge is 0.198 e. The fourth-order valence-corrected chi connectivity index (χ4v) is 1.61. The zero-order valence-electron chi connectivity index (χ0n) is 8.67. The van der Waals surface area contributed by atoms with Crippen LogP contribution in [-0.4, -0.2) is 0 Å². The van der Waals surface area contributed by atoms with Crippen LogP contribution >= 0.6 is 0 Å². The third kappa shape index (κ3) is 1.37. The highest BCUT2D eigenvalue weighted by atomic mass is 19.2. The summed E-state index contributed by atoms with van der Waals surface area (Å²) in [6.07, 6.45) is 0. The molecule has 0 saturated carbocycles. The lowest BCUT2D eigenvalue weighted by Crippen LogP contribution is -1.99. The molecule has 0 saturated heterocycles. The first-order valence-corrected chi connectivity index (χ1v) is 4.66. The Balaban J connectivity index is 3.02. The summed E-state index contributed by atoms with van der Waals surface area (Å²) in [7, 11) is 0. The predicted octanol–water partition coefficient (Wildman–Crippen LogP) is 4.01. The molecule has 0 heterocycles. The normalized spacial score (nSPS) is 11.1. The van der Waals surface area contributed by atoms with E-state index in [-0.39, 0.29) is 10.8 Å². The molecule has 0 nitrogen and oxygen atoms in total. The average molecular weight is 228 g/mol. The molecule has 16 heavy (non-hydrogen) atoms. The second-order valence-electron chi connectivity index (χ2n) is 3.74. The van der Waals surface area contributed by atoms with Gasteiger partial charge in [-0.1, -0.05) is 0 Å². The van der Waals surface area contributed by atoms with Crippen LogP contribution in [0.1, 0.15) is 11.1 Å². The highest BCUT2D eigenvalue weighted by molar-refractivity contribution is 5.85. The minimum atomic E-state index is -1.77. The molecular weight excluding hydrogens is 220 g/mol. The van der Waals surface area contributed by atoms with E-state index in [1.54, 1.807) is 13.8 Å². The van der Waals surface area contributed by atoms with Crippen molar-refractivity contribution in [3.05, 3.63) is 46.5 Å². The van der Waals surface area contributed by atoms with Crippen molar-refractivity contribution in [2.24, 2.45) is 0 Å². The van der Waals surface area contributed by atoms with Gasteiger partial charge in [0.15, 0.2) is 23.3 Å². The summed E-state index contributed by atoms with van der Waals surface area (Å²) >= 11 is 0. The summed E-state index contributed by atoms with van der Waals surface area (Å²) in [6.45, 7) is 3.38. The number of hydrogen-bond donors (Lipinski definition) is 0. The van der Waals surface area contributed by atoms with Gasteiger partial charge < -0.3 is 0 Å². The van der Waals surface area contributed by atoms with E-state index in [0.717, 1.165) is 0 Å². The van der Waals surface area contributed by atoms with Gasteiger partial charge in [0.25, 0.3) is 0 Å². The third-order valence-electron chi connectivity index (χ3n) is 2.68. The maximum atomic E-state index is 13.4. The molecule has 0 aliphatic heterocycles. The summed E-state index contributed by atoms with van der Waals surface area (Å²) in [5, 5.41) is -0.473. The SMILES string of the molecule is Cc1cc2c(F)c(F)c(F)c(F)c2cc1C. The molecule has 0 bridgehead atoms. The van der Waals surface area contributed by atoms with Gasteiger partial charge in [-0.2, -0.15) is 0 Å². The van der Waals surface area contributed by atoms with Crippen molar-refractivity contribution in [3.8, 4) is 0 Å².